The third-order valence-electron chi connectivity index (χ3n) is 3.70. The van der Waals surface area contributed by atoms with Crippen molar-refractivity contribution < 1.29 is 14.3 Å². The van der Waals surface area contributed by atoms with Crippen molar-refractivity contribution in [3.8, 4) is 0 Å². The van der Waals surface area contributed by atoms with E-state index in [9.17, 15) is 9.90 Å². The van der Waals surface area contributed by atoms with Crippen LogP contribution in [0.1, 0.15) is 45.5 Å². The highest BCUT2D eigenvalue weighted by atomic mass is 16.3. The van der Waals surface area contributed by atoms with Gasteiger partial charge in [0, 0.05) is 11.1 Å². The van der Waals surface area contributed by atoms with E-state index in [2.05, 4.69) is 5.32 Å². The first-order chi connectivity index (χ1) is 10.2. The van der Waals surface area contributed by atoms with Gasteiger partial charge in [0.05, 0.1) is 6.54 Å². The molecular weight excluding hydrogens is 278 g/mol. The van der Waals surface area contributed by atoms with E-state index in [-0.39, 0.29) is 12.5 Å². The van der Waals surface area contributed by atoms with E-state index in [0.29, 0.717) is 16.9 Å². The lowest BCUT2D eigenvalue weighted by atomic mass is 9.96. The molecule has 0 unspecified atom stereocenters. The van der Waals surface area contributed by atoms with Gasteiger partial charge in [-0.1, -0.05) is 17.2 Å². The average molecular weight is 301 g/mol. The summed E-state index contributed by atoms with van der Waals surface area (Å²) >= 11 is 0. The molecule has 2 N–H and O–H groups in total. The number of aryl methyl sites for hydroxylation is 4. The van der Waals surface area contributed by atoms with Crippen LogP contribution in [0.3, 0.4) is 0 Å². The zero-order chi connectivity index (χ0) is 16.5. The number of hydrogen-bond donors (Lipinski definition) is 2. The summed E-state index contributed by atoms with van der Waals surface area (Å²) < 4.78 is 5.45. The molecule has 22 heavy (non-hydrogen) atoms. The average Bonchev–Trinajstić information content (AvgIpc) is 2.75. The van der Waals surface area contributed by atoms with Gasteiger partial charge in [-0.15, -0.1) is 0 Å². The summed E-state index contributed by atoms with van der Waals surface area (Å²) in [6.07, 6.45) is 0. The summed E-state index contributed by atoms with van der Waals surface area (Å²) in [6.45, 7) is 9.35. The first kappa shape index (κ1) is 16.3. The molecule has 1 aromatic heterocycles. The molecule has 0 fully saturated rings. The zero-order valence-corrected chi connectivity index (χ0v) is 13.8. The van der Waals surface area contributed by atoms with E-state index >= 15 is 0 Å². The molecule has 0 bridgehead atoms. The largest absolute Gasteiger partial charge is 0.466 e. The number of aliphatic hydroxyl groups is 1. The second kappa shape index (κ2) is 5.97. The quantitative estimate of drug-likeness (QED) is 0.912. The minimum Gasteiger partial charge on any atom is -0.466 e. The molecule has 0 aliphatic rings. The summed E-state index contributed by atoms with van der Waals surface area (Å²) in [5, 5.41) is 13.4. The van der Waals surface area contributed by atoms with Gasteiger partial charge >= 0.3 is 0 Å². The fraction of sp³-hybridized carbons (Fsp3) is 0.389. The van der Waals surface area contributed by atoms with Gasteiger partial charge in [0.25, 0.3) is 5.91 Å². The maximum Gasteiger partial charge on any atom is 0.251 e. The Labute approximate surface area is 131 Å². The van der Waals surface area contributed by atoms with Crippen molar-refractivity contribution in [3.63, 3.8) is 0 Å². The molecule has 0 aliphatic carbocycles. The molecule has 0 saturated heterocycles. The number of carbonyl (C=O) groups is 1. The van der Waals surface area contributed by atoms with E-state index in [1.165, 1.54) is 0 Å². The van der Waals surface area contributed by atoms with Gasteiger partial charge < -0.3 is 14.8 Å². The topological polar surface area (TPSA) is 62.5 Å². The van der Waals surface area contributed by atoms with E-state index in [0.717, 1.165) is 16.9 Å². The predicted octanol–water partition coefficient (Wildman–Crippen LogP) is 3.15. The molecule has 2 rings (SSSR count). The Morgan fingerprint density at radius 3 is 2.23 bits per heavy atom. The number of hydrogen-bond acceptors (Lipinski definition) is 3. The fourth-order valence-corrected chi connectivity index (χ4v) is 2.72. The fourth-order valence-electron chi connectivity index (χ4n) is 2.72. The molecular formula is C18H23NO3. The van der Waals surface area contributed by atoms with Gasteiger partial charge in [0.1, 0.15) is 17.1 Å². The second-order valence-electron chi connectivity index (χ2n) is 6.16. The van der Waals surface area contributed by atoms with Crippen LogP contribution in [0, 0.1) is 27.7 Å². The first-order valence-corrected chi connectivity index (χ1v) is 7.35. The highest BCUT2D eigenvalue weighted by molar-refractivity contribution is 5.94. The van der Waals surface area contributed by atoms with Crippen LogP contribution in [-0.4, -0.2) is 17.6 Å². The molecule has 0 radical (unpaired) electrons. The second-order valence-corrected chi connectivity index (χ2v) is 6.16. The molecule has 0 spiro atoms. The minimum absolute atomic E-state index is 0.124. The molecule has 4 heteroatoms. The maximum absolute atomic E-state index is 12.3. The number of benzene rings is 1. The lowest BCUT2D eigenvalue weighted by Crippen LogP contribution is -2.38. The molecule has 1 aromatic carbocycles. The van der Waals surface area contributed by atoms with Crippen LogP contribution in [0.15, 0.2) is 28.7 Å². The summed E-state index contributed by atoms with van der Waals surface area (Å²) in [5.74, 6) is 1.22. The molecule has 118 valence electrons. The number of nitrogens with one attached hydrogen (secondary N) is 1. The van der Waals surface area contributed by atoms with E-state index in [1.807, 2.05) is 45.9 Å². The Morgan fingerprint density at radius 1 is 1.14 bits per heavy atom. The first-order valence-electron chi connectivity index (χ1n) is 7.35. The van der Waals surface area contributed by atoms with Gasteiger partial charge in [-0.3, -0.25) is 4.79 Å². The third kappa shape index (κ3) is 3.57. The smallest absolute Gasteiger partial charge is 0.251 e. The monoisotopic (exact) mass is 301 g/mol. The highest BCUT2D eigenvalue weighted by Gasteiger charge is 2.28. The third-order valence-corrected chi connectivity index (χ3v) is 3.70. The predicted molar refractivity (Wildman–Crippen MR) is 86.0 cm³/mol. The van der Waals surface area contributed by atoms with Crippen molar-refractivity contribution in [2.75, 3.05) is 6.54 Å². The molecule has 0 aliphatic heterocycles. The zero-order valence-electron chi connectivity index (χ0n) is 13.8. The van der Waals surface area contributed by atoms with E-state index in [4.69, 9.17) is 4.42 Å². The van der Waals surface area contributed by atoms with E-state index in [1.54, 1.807) is 13.0 Å². The number of carbonyl (C=O) groups excluding carboxylic acids is 1. The Balaban J connectivity index is 2.11. The molecule has 1 atom stereocenters. The van der Waals surface area contributed by atoms with Crippen molar-refractivity contribution in [1.82, 2.24) is 5.32 Å². The van der Waals surface area contributed by atoms with Crippen molar-refractivity contribution in [1.29, 1.82) is 0 Å². The van der Waals surface area contributed by atoms with Crippen molar-refractivity contribution in [2.24, 2.45) is 0 Å². The van der Waals surface area contributed by atoms with Crippen LogP contribution in [0.25, 0.3) is 0 Å². The van der Waals surface area contributed by atoms with Crippen molar-refractivity contribution in [3.05, 3.63) is 58.0 Å². The highest BCUT2D eigenvalue weighted by Crippen LogP contribution is 2.26. The van der Waals surface area contributed by atoms with Gasteiger partial charge in [0.2, 0.25) is 0 Å². The normalized spacial score (nSPS) is 13.7. The van der Waals surface area contributed by atoms with Crippen LogP contribution in [0.5, 0.6) is 0 Å². The summed E-state index contributed by atoms with van der Waals surface area (Å²) in [6, 6.07) is 7.50. The summed E-state index contributed by atoms with van der Waals surface area (Å²) in [5.41, 5.74) is 2.21. The Morgan fingerprint density at radius 2 is 1.73 bits per heavy atom. The molecule has 1 amide bonds. The number of amides is 1. The maximum atomic E-state index is 12.3. The Hall–Kier alpha value is -2.07. The lowest BCUT2D eigenvalue weighted by molar-refractivity contribution is 0.0514. The van der Waals surface area contributed by atoms with Gasteiger partial charge in [0.15, 0.2) is 0 Å². The summed E-state index contributed by atoms with van der Waals surface area (Å²) in [7, 11) is 0. The number of furan rings is 1. The summed E-state index contributed by atoms with van der Waals surface area (Å²) in [4.78, 5) is 12.3. The molecule has 0 saturated carbocycles. The molecule has 1 heterocycles. The van der Waals surface area contributed by atoms with E-state index < -0.39 is 5.60 Å². The van der Waals surface area contributed by atoms with Crippen LogP contribution in [0.4, 0.5) is 0 Å². The lowest BCUT2D eigenvalue weighted by Gasteiger charge is -2.23. The van der Waals surface area contributed by atoms with Crippen LogP contribution < -0.4 is 5.32 Å². The van der Waals surface area contributed by atoms with Crippen molar-refractivity contribution >= 4 is 5.91 Å². The van der Waals surface area contributed by atoms with Crippen LogP contribution in [0.2, 0.25) is 0 Å². The minimum atomic E-state index is -1.17. The molecule has 2 aromatic rings. The van der Waals surface area contributed by atoms with Crippen LogP contribution >= 0.6 is 0 Å². The number of rotatable bonds is 4. The Bertz CT molecular complexity index is 678. The standard InChI is InChI=1S/C18H23NO3/c1-11-6-12(2)8-15(7-11)17(20)19-10-18(5,21)16-9-13(3)22-14(16)4/h6-9,21H,10H2,1-5H3,(H,19,20)/t18-/m1/s1. The molecule has 4 nitrogen and oxygen atoms in total. The van der Waals surface area contributed by atoms with Gasteiger partial charge in [-0.2, -0.15) is 0 Å². The Kier molecular flexibility index (Phi) is 4.42. The SMILES string of the molecule is Cc1cc(C)cc(C(=O)NC[C@@](C)(O)c2cc(C)oc2C)c1. The van der Waals surface area contributed by atoms with Crippen LogP contribution in [-0.2, 0) is 5.60 Å². The van der Waals surface area contributed by atoms with Crippen molar-refractivity contribution in [2.45, 2.75) is 40.2 Å². The van der Waals surface area contributed by atoms with Gasteiger partial charge in [-0.25, -0.2) is 0 Å². The van der Waals surface area contributed by atoms with Gasteiger partial charge in [-0.05, 0) is 52.8 Å².